The molecule has 0 aromatic carbocycles. The molecule has 0 aliphatic heterocycles. The van der Waals surface area contributed by atoms with Crippen LogP contribution in [0.15, 0.2) is 6.20 Å². The maximum atomic E-state index is 13.1. The van der Waals surface area contributed by atoms with Crippen LogP contribution >= 0.6 is 22.9 Å². The molecule has 1 heterocycles. The molecule has 0 spiro atoms. The van der Waals surface area contributed by atoms with E-state index in [1.807, 2.05) is 71.3 Å². The molecule has 374 valence electrons. The topological polar surface area (TPSA) is 210 Å². The molecule has 0 saturated heterocycles. The van der Waals surface area contributed by atoms with E-state index in [-0.39, 0.29) is 62.8 Å². The number of nitrogens with one attached hydrogen (secondary N) is 1. The highest BCUT2D eigenvalue weighted by Crippen LogP contribution is 2.25. The Kier molecular flexibility index (Phi) is 33.3. The summed E-state index contributed by atoms with van der Waals surface area (Å²) in [5, 5.41) is 10.9. The number of rotatable bonds is 43. The maximum Gasteiger partial charge on any atom is 0.234 e. The molecule has 0 aliphatic carbocycles. The molecule has 1 N–H and O–H groups in total. The minimum Gasteiger partial charge on any atom is -0.381 e. The number of nitrogens with zero attached hydrogens (tertiary/aromatic N) is 5. The zero-order chi connectivity index (χ0) is 48.4. The van der Waals surface area contributed by atoms with Crippen LogP contribution in [0.4, 0.5) is 0 Å². The fraction of sp³-hybridized carbons (Fsp3) is 0.860. The number of aldehydes is 1. The summed E-state index contributed by atoms with van der Waals surface area (Å²) in [6.07, 6.45) is 3.49. The molecular weight excluding hydrogens is 962 g/mol. The number of halogens is 1. The quantitative estimate of drug-likeness (QED) is 0.0328. The van der Waals surface area contributed by atoms with Crippen molar-refractivity contribution in [2.75, 3.05) is 132 Å². The Morgan fingerprint density at radius 2 is 1.22 bits per heavy atom. The number of hydrogen-bond donors (Lipinski definition) is 1. The van der Waals surface area contributed by atoms with Crippen molar-refractivity contribution in [3.8, 4) is 0 Å². The van der Waals surface area contributed by atoms with Crippen molar-refractivity contribution in [2.24, 2.45) is 0 Å². The maximum absolute atomic E-state index is 13.1. The third-order valence-electron chi connectivity index (χ3n) is 8.73. The average Bonchev–Trinajstić information content (AvgIpc) is 3.64. The summed E-state index contributed by atoms with van der Waals surface area (Å²) in [4.78, 5) is 50.4. The van der Waals surface area contributed by atoms with E-state index in [1.165, 1.54) is 3.11 Å². The smallest absolute Gasteiger partial charge is 0.234 e. The van der Waals surface area contributed by atoms with Gasteiger partial charge in [0, 0.05) is 50.6 Å². The van der Waals surface area contributed by atoms with Gasteiger partial charge in [0.05, 0.1) is 171 Å². The van der Waals surface area contributed by atoms with E-state index in [0.717, 1.165) is 12.0 Å². The van der Waals surface area contributed by atoms with Gasteiger partial charge in [-0.1, -0.05) is 5.21 Å². The van der Waals surface area contributed by atoms with E-state index in [1.54, 1.807) is 22.7 Å². The second-order valence-electron chi connectivity index (χ2n) is 16.8. The predicted molar refractivity (Wildman–Crippen MR) is 251 cm³/mol. The number of carbonyl (C=O) groups excluding carboxylic acids is 4. The molecule has 65 heavy (non-hydrogen) atoms. The van der Waals surface area contributed by atoms with Crippen LogP contribution in [0.2, 0.25) is 0 Å². The number of aromatic nitrogens is 3. The van der Waals surface area contributed by atoms with Crippen molar-refractivity contribution in [3.63, 3.8) is 0 Å². The highest BCUT2D eigenvalue weighted by molar-refractivity contribution is 14.1. The molecule has 0 aliphatic rings. The first kappa shape index (κ1) is 60.6. The van der Waals surface area contributed by atoms with Gasteiger partial charge in [-0.2, -0.15) is 0 Å². The fourth-order valence-electron chi connectivity index (χ4n) is 6.01. The van der Waals surface area contributed by atoms with Crippen molar-refractivity contribution >= 4 is 54.7 Å². The Morgan fingerprint density at radius 3 is 1.68 bits per heavy atom. The highest BCUT2D eigenvalue weighted by Gasteiger charge is 2.34. The molecule has 0 saturated carbocycles. The van der Waals surface area contributed by atoms with Gasteiger partial charge in [-0.15, -0.1) is 5.10 Å². The van der Waals surface area contributed by atoms with Crippen LogP contribution in [0.1, 0.15) is 79.8 Å². The van der Waals surface area contributed by atoms with Gasteiger partial charge in [-0.25, -0.2) is 0 Å². The van der Waals surface area contributed by atoms with E-state index in [4.69, 9.17) is 55.2 Å². The SMILES string of the molecule is [B]C(C)(CN(I)C(=O)CC(C)(C)OC(C)(C)CNC(=O)CCOCCOCCOCCOCCN(CCOCCOCCOCCOCCC=O)C(=O)CCn1cc(C)nn1)OC(C)C. The molecule has 3 amide bonds. The Hall–Kier alpha value is -2.39. The molecule has 2 radical (unpaired) electrons. The molecule has 1 unspecified atom stereocenters. The standard InChI is InChI=1S/C43H78BIN6O14/c1-36(2)64-43(8,44)35-51(45)40(55)32-41(4,5)65-42(6,7)34-46-38(53)11-17-57-21-25-61-29-31-63-27-23-59-19-14-49(39(54)10-12-50-33-37(3)47-48-50)13-18-58-22-26-62-30-28-60-24-20-56-16-9-15-52/h15,33,36H,9-14,16-32,34-35H2,1-8H3,(H,46,53). The largest absolute Gasteiger partial charge is 0.381 e. The average molecular weight is 1040 g/mol. The second kappa shape index (κ2) is 35.7. The van der Waals surface area contributed by atoms with Gasteiger partial charge >= 0.3 is 0 Å². The van der Waals surface area contributed by atoms with Crippen LogP contribution < -0.4 is 5.32 Å². The van der Waals surface area contributed by atoms with Crippen molar-refractivity contribution in [2.45, 2.75) is 110 Å². The van der Waals surface area contributed by atoms with Crippen LogP contribution in [-0.4, -0.2) is 210 Å². The van der Waals surface area contributed by atoms with Crippen LogP contribution in [0.5, 0.6) is 0 Å². The lowest BCUT2D eigenvalue weighted by Gasteiger charge is -2.37. The highest BCUT2D eigenvalue weighted by atomic mass is 127. The van der Waals surface area contributed by atoms with Gasteiger partial charge in [0.15, 0.2) is 0 Å². The van der Waals surface area contributed by atoms with Crippen LogP contribution in [0, 0.1) is 6.92 Å². The van der Waals surface area contributed by atoms with Crippen LogP contribution in [-0.2, 0) is 73.1 Å². The normalized spacial score (nSPS) is 13.0. The van der Waals surface area contributed by atoms with Crippen LogP contribution in [0.25, 0.3) is 0 Å². The van der Waals surface area contributed by atoms with E-state index in [9.17, 15) is 19.2 Å². The molecule has 1 aromatic rings. The van der Waals surface area contributed by atoms with Gasteiger partial charge in [0.2, 0.25) is 17.7 Å². The van der Waals surface area contributed by atoms with Gasteiger partial charge in [0.25, 0.3) is 0 Å². The fourth-order valence-corrected chi connectivity index (χ4v) is 6.86. The summed E-state index contributed by atoms with van der Waals surface area (Å²) >= 11 is 1.95. The Bertz CT molecular complexity index is 1430. The number of aryl methyl sites for hydroxylation is 2. The molecule has 20 nitrogen and oxygen atoms in total. The number of hydrogen-bond acceptors (Lipinski definition) is 16. The zero-order valence-electron chi connectivity index (χ0n) is 40.3. The zero-order valence-corrected chi connectivity index (χ0v) is 42.5. The first-order valence-electron chi connectivity index (χ1n) is 22.4. The summed E-state index contributed by atoms with van der Waals surface area (Å²) < 4.78 is 59.5. The van der Waals surface area contributed by atoms with Crippen molar-refractivity contribution in [1.29, 1.82) is 0 Å². The summed E-state index contributed by atoms with van der Waals surface area (Å²) in [5.74, 6) is -0.353. The number of carbonyl (C=O) groups is 4. The van der Waals surface area contributed by atoms with Crippen molar-refractivity contribution < 1.29 is 66.5 Å². The lowest BCUT2D eigenvalue weighted by molar-refractivity contribution is -0.149. The summed E-state index contributed by atoms with van der Waals surface area (Å²) in [6, 6.07) is 0. The molecule has 22 heteroatoms. The van der Waals surface area contributed by atoms with Gasteiger partial charge < -0.3 is 62.4 Å². The molecule has 0 bridgehead atoms. The molecule has 1 aromatic heterocycles. The summed E-state index contributed by atoms with van der Waals surface area (Å²) in [7, 11) is 6.21. The first-order chi connectivity index (χ1) is 30.8. The van der Waals surface area contributed by atoms with Crippen LogP contribution in [0.3, 0.4) is 0 Å². The van der Waals surface area contributed by atoms with Gasteiger partial charge in [-0.05, 0) is 55.4 Å². The third-order valence-corrected chi connectivity index (χ3v) is 9.61. The summed E-state index contributed by atoms with van der Waals surface area (Å²) in [5.41, 5.74) is -1.72. The van der Waals surface area contributed by atoms with Gasteiger partial charge in [-0.3, -0.25) is 22.2 Å². The molecule has 1 atom stereocenters. The van der Waals surface area contributed by atoms with E-state index >= 15 is 0 Å². The minimum absolute atomic E-state index is 0.0416. The predicted octanol–water partition coefficient (Wildman–Crippen LogP) is 2.49. The summed E-state index contributed by atoms with van der Waals surface area (Å²) in [6.45, 7) is 22.5. The molecule has 0 fully saturated rings. The molecular formula is C43H78BIN6O14. The van der Waals surface area contributed by atoms with Gasteiger partial charge in [0.1, 0.15) is 14.1 Å². The van der Waals surface area contributed by atoms with E-state index in [2.05, 4.69) is 15.6 Å². The van der Waals surface area contributed by atoms with Crippen molar-refractivity contribution in [3.05, 3.63) is 11.9 Å². The van der Waals surface area contributed by atoms with Crippen molar-refractivity contribution in [1.82, 2.24) is 28.3 Å². The Labute approximate surface area is 402 Å². The second-order valence-corrected chi connectivity index (χ2v) is 18.0. The first-order valence-corrected chi connectivity index (χ1v) is 23.4. The lowest BCUT2D eigenvalue weighted by Crippen LogP contribution is -2.48. The molecule has 1 rings (SSSR count). The lowest BCUT2D eigenvalue weighted by atomic mass is 9.83. The minimum atomic E-state index is -0.979. The number of amides is 3. The third kappa shape index (κ3) is 34.5. The monoisotopic (exact) mass is 1040 g/mol. The Morgan fingerprint density at radius 1 is 0.738 bits per heavy atom. The Balaban J connectivity index is 2.17. The number of ether oxygens (including phenoxy) is 10. The van der Waals surface area contributed by atoms with E-state index < -0.39 is 16.7 Å². The van der Waals surface area contributed by atoms with E-state index in [0.29, 0.717) is 125 Å².